The molecule has 2 aromatic heterocycles. The number of aromatic nitrogens is 3. The van der Waals surface area contributed by atoms with Crippen LogP contribution in [0.2, 0.25) is 0 Å². The molecule has 0 aliphatic rings. The number of nitrogens with zero attached hydrogens (tertiary/aromatic N) is 3. The second kappa shape index (κ2) is 4.60. The largest absolute Gasteiger partial charge is 0.496 e. The van der Waals surface area contributed by atoms with E-state index in [1.165, 1.54) is 23.5 Å². The summed E-state index contributed by atoms with van der Waals surface area (Å²) in [5.74, 6) is 0.910. The van der Waals surface area contributed by atoms with E-state index in [4.69, 9.17) is 10.5 Å². The van der Waals surface area contributed by atoms with Crippen molar-refractivity contribution in [2.24, 2.45) is 5.73 Å². The number of ether oxygens (including phenoxy) is 1. The van der Waals surface area contributed by atoms with E-state index in [2.05, 4.69) is 10.2 Å². The lowest BCUT2D eigenvalue weighted by Gasteiger charge is -2.08. The Kier molecular flexibility index (Phi) is 2.92. The molecule has 0 aliphatic heterocycles. The summed E-state index contributed by atoms with van der Waals surface area (Å²) in [7, 11) is 1.55. The quantitative estimate of drug-likeness (QED) is 0.796. The van der Waals surface area contributed by atoms with Crippen LogP contribution in [0.4, 0.5) is 4.39 Å². The molecule has 0 saturated heterocycles. The van der Waals surface area contributed by atoms with Crippen molar-refractivity contribution in [3.8, 4) is 17.0 Å². The second-order valence-corrected chi connectivity index (χ2v) is 4.74. The van der Waals surface area contributed by atoms with Gasteiger partial charge in [0, 0.05) is 10.9 Å². The van der Waals surface area contributed by atoms with Gasteiger partial charge in [-0.05, 0) is 18.2 Å². The van der Waals surface area contributed by atoms with Crippen molar-refractivity contribution in [2.75, 3.05) is 7.11 Å². The van der Waals surface area contributed by atoms with Gasteiger partial charge >= 0.3 is 0 Å². The molecule has 2 N–H and O–H groups in total. The number of benzene rings is 1. The Hall–Kier alpha value is -1.99. The smallest absolute Gasteiger partial charge is 0.216 e. The third kappa shape index (κ3) is 1.87. The first-order chi connectivity index (χ1) is 9.24. The minimum absolute atomic E-state index is 0.266. The van der Waals surface area contributed by atoms with Gasteiger partial charge in [-0.15, -0.1) is 21.5 Å². The Balaban J connectivity index is 2.29. The maximum atomic E-state index is 13.5. The molecule has 0 amide bonds. The Labute approximate surface area is 112 Å². The maximum Gasteiger partial charge on any atom is 0.216 e. The fourth-order valence-electron chi connectivity index (χ4n) is 1.98. The van der Waals surface area contributed by atoms with Gasteiger partial charge in [0.05, 0.1) is 19.3 Å². The fraction of sp³-hybridized carbons (Fsp3) is 0.167. The van der Waals surface area contributed by atoms with Crippen LogP contribution in [0, 0.1) is 5.82 Å². The van der Waals surface area contributed by atoms with Crippen LogP contribution in [0.1, 0.15) is 5.82 Å². The number of hydrogen-bond donors (Lipinski definition) is 1. The van der Waals surface area contributed by atoms with Gasteiger partial charge in [-0.3, -0.25) is 4.40 Å². The highest BCUT2D eigenvalue weighted by atomic mass is 32.1. The summed E-state index contributed by atoms with van der Waals surface area (Å²) in [6.45, 7) is 0.266. The first kappa shape index (κ1) is 12.1. The lowest BCUT2D eigenvalue weighted by Crippen LogP contribution is -2.03. The molecule has 0 bridgehead atoms. The summed E-state index contributed by atoms with van der Waals surface area (Å²) >= 11 is 1.43. The van der Waals surface area contributed by atoms with Gasteiger partial charge in [0.1, 0.15) is 11.6 Å². The number of methoxy groups -OCH3 is 1. The van der Waals surface area contributed by atoms with Gasteiger partial charge < -0.3 is 10.5 Å². The van der Waals surface area contributed by atoms with E-state index in [9.17, 15) is 4.39 Å². The summed E-state index contributed by atoms with van der Waals surface area (Å²) in [6.07, 6.45) is 0. The normalized spacial score (nSPS) is 11.1. The van der Waals surface area contributed by atoms with Crippen LogP contribution in [0.5, 0.6) is 5.75 Å². The van der Waals surface area contributed by atoms with Crippen LogP contribution in [0.15, 0.2) is 23.6 Å². The fourth-order valence-corrected chi connectivity index (χ4v) is 2.82. The van der Waals surface area contributed by atoms with E-state index in [-0.39, 0.29) is 12.4 Å². The van der Waals surface area contributed by atoms with Gasteiger partial charge in [-0.1, -0.05) is 0 Å². The summed E-state index contributed by atoms with van der Waals surface area (Å²) in [5.41, 5.74) is 7.08. The van der Waals surface area contributed by atoms with Crippen LogP contribution in [0.3, 0.4) is 0 Å². The summed E-state index contributed by atoms with van der Waals surface area (Å²) in [5, 5.41) is 9.92. The lowest BCUT2D eigenvalue weighted by molar-refractivity contribution is 0.415. The highest BCUT2D eigenvalue weighted by Crippen LogP contribution is 2.33. The van der Waals surface area contributed by atoms with Gasteiger partial charge in [-0.2, -0.15) is 0 Å². The standard InChI is InChI=1S/C12H11FN4OS/c1-18-10-3-2-7(13)4-8(10)9-6-19-12-16-15-11(5-14)17(9)12/h2-4,6H,5,14H2,1H3. The third-order valence-corrected chi connectivity index (χ3v) is 3.65. The van der Waals surface area contributed by atoms with Crippen LogP contribution in [-0.4, -0.2) is 21.7 Å². The Morgan fingerprint density at radius 3 is 3.00 bits per heavy atom. The number of hydrogen-bond acceptors (Lipinski definition) is 5. The SMILES string of the molecule is COc1ccc(F)cc1-c1csc2nnc(CN)n12. The molecule has 2 heterocycles. The summed E-state index contributed by atoms with van der Waals surface area (Å²) in [6, 6.07) is 4.39. The van der Waals surface area contributed by atoms with Crippen LogP contribution in [-0.2, 0) is 6.54 Å². The minimum atomic E-state index is -0.322. The Morgan fingerprint density at radius 2 is 2.26 bits per heavy atom. The molecule has 19 heavy (non-hydrogen) atoms. The molecule has 5 nitrogen and oxygen atoms in total. The van der Waals surface area contributed by atoms with Crippen LogP contribution >= 0.6 is 11.3 Å². The van der Waals surface area contributed by atoms with Crippen molar-refractivity contribution in [3.05, 3.63) is 35.2 Å². The Morgan fingerprint density at radius 1 is 1.42 bits per heavy atom. The summed E-state index contributed by atoms with van der Waals surface area (Å²) < 4.78 is 20.6. The van der Waals surface area contributed by atoms with Crippen molar-refractivity contribution in [1.29, 1.82) is 0 Å². The van der Waals surface area contributed by atoms with Gasteiger partial charge in [0.15, 0.2) is 5.82 Å². The van der Waals surface area contributed by atoms with Crippen LogP contribution < -0.4 is 10.5 Å². The van der Waals surface area contributed by atoms with Gasteiger partial charge in [0.2, 0.25) is 4.96 Å². The second-order valence-electron chi connectivity index (χ2n) is 3.90. The zero-order valence-corrected chi connectivity index (χ0v) is 10.9. The predicted molar refractivity (Wildman–Crippen MR) is 70.7 cm³/mol. The third-order valence-electron chi connectivity index (χ3n) is 2.84. The van der Waals surface area contributed by atoms with Crippen molar-refractivity contribution in [3.63, 3.8) is 0 Å². The van der Waals surface area contributed by atoms with Crippen molar-refractivity contribution >= 4 is 16.3 Å². The first-order valence-electron chi connectivity index (χ1n) is 5.60. The average Bonchev–Trinajstić information content (AvgIpc) is 2.99. The first-order valence-corrected chi connectivity index (χ1v) is 6.48. The maximum absolute atomic E-state index is 13.5. The van der Waals surface area contributed by atoms with E-state index in [0.717, 1.165) is 10.7 Å². The number of nitrogens with two attached hydrogens (primary N) is 1. The lowest BCUT2D eigenvalue weighted by atomic mass is 10.1. The van der Waals surface area contributed by atoms with E-state index in [1.54, 1.807) is 13.2 Å². The number of rotatable bonds is 3. The molecule has 3 rings (SSSR count). The Bertz CT molecular complexity index is 736. The molecular weight excluding hydrogens is 267 g/mol. The molecule has 0 spiro atoms. The highest BCUT2D eigenvalue weighted by Gasteiger charge is 2.16. The molecule has 0 saturated carbocycles. The number of halogens is 1. The topological polar surface area (TPSA) is 65.4 Å². The van der Waals surface area contributed by atoms with E-state index >= 15 is 0 Å². The predicted octanol–water partition coefficient (Wildman–Crippen LogP) is 2.06. The monoisotopic (exact) mass is 278 g/mol. The zero-order valence-electron chi connectivity index (χ0n) is 10.1. The molecule has 7 heteroatoms. The minimum Gasteiger partial charge on any atom is -0.496 e. The van der Waals surface area contributed by atoms with Crippen molar-refractivity contribution in [2.45, 2.75) is 6.54 Å². The molecule has 0 atom stereocenters. The average molecular weight is 278 g/mol. The van der Waals surface area contributed by atoms with E-state index in [1.807, 2.05) is 9.78 Å². The summed E-state index contributed by atoms with van der Waals surface area (Å²) in [4.78, 5) is 0.724. The molecule has 1 aromatic carbocycles. The molecule has 0 unspecified atom stereocenters. The molecular formula is C12H11FN4OS. The van der Waals surface area contributed by atoms with Crippen molar-refractivity contribution < 1.29 is 9.13 Å². The van der Waals surface area contributed by atoms with Crippen LogP contribution in [0.25, 0.3) is 16.2 Å². The van der Waals surface area contributed by atoms with Crippen molar-refractivity contribution in [1.82, 2.24) is 14.6 Å². The molecule has 0 fully saturated rings. The van der Waals surface area contributed by atoms with E-state index in [0.29, 0.717) is 17.1 Å². The zero-order chi connectivity index (χ0) is 13.4. The molecule has 3 aromatic rings. The van der Waals surface area contributed by atoms with E-state index < -0.39 is 0 Å². The number of thiazole rings is 1. The molecule has 0 radical (unpaired) electrons. The number of fused-ring (bicyclic) bond motifs is 1. The van der Waals surface area contributed by atoms with Gasteiger partial charge in [0.25, 0.3) is 0 Å². The van der Waals surface area contributed by atoms with Gasteiger partial charge in [-0.25, -0.2) is 4.39 Å². The highest BCUT2D eigenvalue weighted by molar-refractivity contribution is 7.15. The molecule has 0 aliphatic carbocycles. The molecule has 98 valence electrons.